The fraction of sp³-hybridized carbons (Fsp3) is 0.426. The first-order chi connectivity index (χ1) is 41.8. The zero-order valence-corrected chi connectivity index (χ0v) is 48.9. The van der Waals surface area contributed by atoms with Gasteiger partial charge in [-0.05, 0) is 86.4 Å². The van der Waals surface area contributed by atoms with Gasteiger partial charge in [0.1, 0.15) is 60.1 Å². The molecule has 6 aromatic rings. The normalized spacial score (nSPS) is 17.2. The van der Waals surface area contributed by atoms with E-state index in [0.717, 1.165) is 16.4 Å². The molecule has 10 amide bonds. The average Bonchev–Trinajstić information content (AvgIpc) is 3.34. The molecular weight excluding hydrogens is 1120 g/mol. The highest BCUT2D eigenvalue weighted by molar-refractivity contribution is 6.00. The third kappa shape index (κ3) is 16.6. The Labute approximate surface area is 501 Å². The summed E-state index contributed by atoms with van der Waals surface area (Å²) in [6, 6.07) is 8.91. The number of aromatic nitrogens is 4. The molecular formula is C61H76N14O12. The molecule has 14 N–H and O–H groups in total. The Morgan fingerprint density at radius 2 is 1.16 bits per heavy atom. The second-order valence-electron chi connectivity index (χ2n) is 22.4. The van der Waals surface area contributed by atoms with Crippen molar-refractivity contribution in [2.45, 2.75) is 140 Å². The largest absolute Gasteiger partial charge is 0.508 e. The number of para-hydroxylation sites is 2. The number of H-pyrrole nitrogens is 3. The van der Waals surface area contributed by atoms with Crippen LogP contribution >= 0.6 is 0 Å². The molecule has 87 heavy (non-hydrogen) atoms. The summed E-state index contributed by atoms with van der Waals surface area (Å²) in [5.74, 6) is -7.05. The van der Waals surface area contributed by atoms with Gasteiger partial charge in [0.15, 0.2) is 0 Å². The van der Waals surface area contributed by atoms with Crippen LogP contribution in [0.3, 0.4) is 0 Å². The molecule has 0 saturated carbocycles. The van der Waals surface area contributed by atoms with Crippen molar-refractivity contribution >= 4 is 80.9 Å². The molecule has 3 aromatic heterocycles. The maximum Gasteiger partial charge on any atom is 0.245 e. The number of aromatic hydroxyl groups is 1. The Hall–Kier alpha value is -9.59. The molecule has 2 aliphatic rings. The summed E-state index contributed by atoms with van der Waals surface area (Å²) < 4.78 is 0. The summed E-state index contributed by atoms with van der Waals surface area (Å²) in [5.41, 5.74) is 3.64. The number of amides is 10. The Balaban J connectivity index is 0.997. The molecule has 2 fully saturated rings. The molecule has 26 heteroatoms. The number of hydrogen-bond donors (Lipinski definition) is 14. The van der Waals surface area contributed by atoms with E-state index in [1.807, 2.05) is 50.2 Å². The number of aromatic amines is 3. The van der Waals surface area contributed by atoms with E-state index in [9.17, 15) is 58.2 Å². The van der Waals surface area contributed by atoms with Crippen molar-refractivity contribution in [3.63, 3.8) is 0 Å². The third-order valence-electron chi connectivity index (χ3n) is 15.5. The van der Waals surface area contributed by atoms with E-state index < -0.39 is 108 Å². The Kier molecular flexibility index (Phi) is 21.5. The summed E-state index contributed by atoms with van der Waals surface area (Å²) in [5, 5.41) is 46.5. The Bertz CT molecular complexity index is 3440. The summed E-state index contributed by atoms with van der Waals surface area (Å²) >= 11 is 0. The van der Waals surface area contributed by atoms with Gasteiger partial charge in [-0.25, -0.2) is 4.98 Å². The number of aliphatic hydroxyl groups is 1. The van der Waals surface area contributed by atoms with Gasteiger partial charge in [-0.3, -0.25) is 47.9 Å². The highest BCUT2D eigenvalue weighted by Gasteiger charge is 2.40. The fourth-order valence-corrected chi connectivity index (χ4v) is 10.9. The SMILES string of the molecule is CCNC(=O)[C@@H]1CCCN1C(=O)[C@H](CC(C)C)NC(=O)[C@H](Cc1c[nH]c2ccccc12)NC(=O)[C@@H](C)NC(=O)[C@H](Cc1ccc(O)cc1)NC(=O)[C@H](CO)NC(=O)[C@H](Cc1c[nH]c2ccccc12)NC(=O)[C@H](Cc1cnc[nH]1)NC(=O)[C@@H]1CCC(=O)N1. The standard InChI is InChI=1S/C61H76N14O12/c1-5-63-60(86)51-15-10-22-75(51)61(87)49(23-33(2)3)73-56(82)46(25-36-28-64-42-13-8-6-11-40(36)42)69-53(79)34(4)67-55(81)45(24-35-16-18-39(77)19-17-35)70-59(85)50(31-76)74-57(83)47(26-37-29-65-43-14-9-7-12-41(37)43)71-58(84)48(27-38-30-62-32-66-38)72-54(80)44-20-21-52(78)68-44/h6-9,11-14,16-19,28-30,32-34,44-51,64-65,76-77H,5,10,15,20-27,31H2,1-4H3,(H,62,66)(H,63,86)(H,67,81)(H,68,78)(H,69,79)(H,70,85)(H,71,84)(H,72,80)(H,73,82)(H,74,83)/t34-,44+,45+,46+,47+,48+,49+,50+,51+/m1/s1. The van der Waals surface area contributed by atoms with Crippen LogP contribution in [-0.2, 0) is 73.6 Å². The highest BCUT2D eigenvalue weighted by Crippen LogP contribution is 2.24. The van der Waals surface area contributed by atoms with E-state index >= 15 is 0 Å². The number of aliphatic hydroxyl groups excluding tert-OH is 1. The highest BCUT2D eigenvalue weighted by atomic mass is 16.3. The Morgan fingerprint density at radius 1 is 0.621 bits per heavy atom. The number of fused-ring (bicyclic) bond motifs is 2. The lowest BCUT2D eigenvalue weighted by Crippen LogP contribution is -2.61. The molecule has 2 saturated heterocycles. The van der Waals surface area contributed by atoms with Gasteiger partial charge in [-0.15, -0.1) is 0 Å². The van der Waals surface area contributed by atoms with E-state index in [0.29, 0.717) is 53.7 Å². The number of benzene rings is 3. The molecule has 0 bridgehead atoms. The van der Waals surface area contributed by atoms with Crippen LogP contribution in [0.5, 0.6) is 5.75 Å². The lowest BCUT2D eigenvalue weighted by Gasteiger charge is -2.31. The van der Waals surface area contributed by atoms with Crippen LogP contribution in [0.15, 0.2) is 97.7 Å². The third-order valence-corrected chi connectivity index (χ3v) is 15.5. The van der Waals surface area contributed by atoms with Crippen molar-refractivity contribution in [3.8, 4) is 5.75 Å². The van der Waals surface area contributed by atoms with Crippen LogP contribution in [0.4, 0.5) is 0 Å². The van der Waals surface area contributed by atoms with Gasteiger partial charge in [-0.1, -0.05) is 62.4 Å². The zero-order valence-electron chi connectivity index (χ0n) is 48.9. The predicted molar refractivity (Wildman–Crippen MR) is 318 cm³/mol. The molecule has 462 valence electrons. The molecule has 2 aliphatic heterocycles. The van der Waals surface area contributed by atoms with E-state index in [1.165, 1.54) is 48.6 Å². The number of phenols is 1. The Morgan fingerprint density at radius 3 is 1.71 bits per heavy atom. The van der Waals surface area contributed by atoms with Gasteiger partial charge in [0.25, 0.3) is 0 Å². The second-order valence-corrected chi connectivity index (χ2v) is 22.4. The van der Waals surface area contributed by atoms with Crippen molar-refractivity contribution in [1.29, 1.82) is 0 Å². The predicted octanol–water partition coefficient (Wildman–Crippen LogP) is 0.206. The lowest BCUT2D eigenvalue weighted by molar-refractivity contribution is -0.142. The summed E-state index contributed by atoms with van der Waals surface area (Å²) in [4.78, 5) is 154. The monoisotopic (exact) mass is 1200 g/mol. The number of hydrogen-bond acceptors (Lipinski definition) is 13. The molecule has 0 radical (unpaired) electrons. The molecule has 0 unspecified atom stereocenters. The van der Waals surface area contributed by atoms with Crippen molar-refractivity contribution in [3.05, 3.63) is 120 Å². The van der Waals surface area contributed by atoms with E-state index in [1.54, 1.807) is 31.5 Å². The summed E-state index contributed by atoms with van der Waals surface area (Å²) in [6.07, 6.45) is 7.25. The minimum absolute atomic E-state index is 0.0557. The summed E-state index contributed by atoms with van der Waals surface area (Å²) in [7, 11) is 0. The van der Waals surface area contributed by atoms with E-state index in [-0.39, 0.29) is 68.4 Å². The van der Waals surface area contributed by atoms with Crippen LogP contribution in [-0.4, -0.2) is 168 Å². The molecule has 3 aromatic carbocycles. The second kappa shape index (κ2) is 29.5. The van der Waals surface area contributed by atoms with Crippen molar-refractivity contribution in [2.24, 2.45) is 5.92 Å². The number of carbonyl (C=O) groups is 10. The first-order valence-electron chi connectivity index (χ1n) is 29.2. The number of imidazole rings is 1. The molecule has 5 heterocycles. The van der Waals surface area contributed by atoms with Crippen molar-refractivity contribution in [2.75, 3.05) is 19.7 Å². The van der Waals surface area contributed by atoms with Crippen LogP contribution in [0, 0.1) is 5.92 Å². The number of nitrogens with one attached hydrogen (secondary N) is 12. The maximum atomic E-state index is 14.6. The van der Waals surface area contributed by atoms with Crippen molar-refractivity contribution < 1.29 is 58.2 Å². The molecule has 8 rings (SSSR count). The van der Waals surface area contributed by atoms with Gasteiger partial charge in [0.05, 0.1) is 12.9 Å². The first kappa shape index (κ1) is 63.4. The molecule has 9 atom stereocenters. The van der Waals surface area contributed by atoms with Gasteiger partial charge < -0.3 is 77.9 Å². The molecule has 0 aliphatic carbocycles. The number of likely N-dealkylation sites (tertiary alicyclic amines) is 1. The minimum Gasteiger partial charge on any atom is -0.508 e. The van der Waals surface area contributed by atoms with Crippen molar-refractivity contribution in [1.82, 2.24) is 72.7 Å². The van der Waals surface area contributed by atoms with E-state index in [2.05, 4.69) is 67.8 Å². The number of nitrogens with zero attached hydrogens (tertiary/aromatic N) is 2. The van der Waals surface area contributed by atoms with Gasteiger partial charge in [-0.2, -0.15) is 0 Å². The minimum atomic E-state index is -1.75. The quantitative estimate of drug-likeness (QED) is 0.0313. The van der Waals surface area contributed by atoms with Crippen LogP contribution in [0.2, 0.25) is 0 Å². The average molecular weight is 1200 g/mol. The molecule has 26 nitrogen and oxygen atoms in total. The number of phenolic OH excluding ortho intramolecular Hbond substituents is 1. The fourth-order valence-electron chi connectivity index (χ4n) is 10.9. The number of likely N-dealkylation sites (N-methyl/N-ethyl adjacent to an activating group) is 1. The maximum absolute atomic E-state index is 14.6. The van der Waals surface area contributed by atoms with Gasteiger partial charge in [0.2, 0.25) is 59.1 Å². The molecule has 0 spiro atoms. The summed E-state index contributed by atoms with van der Waals surface area (Å²) in [6.45, 7) is 6.63. The topological polar surface area (TPSA) is 383 Å². The number of carbonyl (C=O) groups excluding carboxylic acids is 10. The first-order valence-corrected chi connectivity index (χ1v) is 29.2. The smallest absolute Gasteiger partial charge is 0.245 e. The lowest BCUT2D eigenvalue weighted by atomic mass is 10.00. The zero-order chi connectivity index (χ0) is 62.3. The van der Waals surface area contributed by atoms with Crippen LogP contribution in [0.1, 0.15) is 82.2 Å². The van der Waals surface area contributed by atoms with Gasteiger partial charge in [0, 0.05) is 91.3 Å². The van der Waals surface area contributed by atoms with Crippen LogP contribution in [0.25, 0.3) is 21.8 Å². The number of rotatable bonds is 28. The van der Waals surface area contributed by atoms with E-state index in [4.69, 9.17) is 0 Å². The van der Waals surface area contributed by atoms with Crippen LogP contribution < -0.4 is 47.9 Å². The van der Waals surface area contributed by atoms with Gasteiger partial charge >= 0.3 is 0 Å².